The van der Waals surface area contributed by atoms with Crippen molar-refractivity contribution in [2.75, 3.05) is 25.0 Å². The van der Waals surface area contributed by atoms with E-state index in [1.54, 1.807) is 36.5 Å². The fraction of sp³-hybridized carbons (Fsp3) is 0.316. The van der Waals surface area contributed by atoms with Crippen molar-refractivity contribution in [3.63, 3.8) is 0 Å². The number of amides is 1. The molecular formula is C19H21Cl2N5O2. The Labute approximate surface area is 172 Å². The van der Waals surface area contributed by atoms with E-state index >= 15 is 0 Å². The molecule has 0 fully saturated rings. The molecule has 1 N–H and O–H groups in total. The number of nitrogens with zero attached hydrogens (tertiary/aromatic N) is 4. The maximum atomic E-state index is 12.4. The SMILES string of the molecule is CCCN(CCn1nc2ccccn2c1=O)CC(=O)Nc1cc(Cl)ccc1Cl. The van der Waals surface area contributed by atoms with E-state index in [1.807, 2.05) is 17.9 Å². The molecule has 2 heterocycles. The van der Waals surface area contributed by atoms with E-state index < -0.39 is 0 Å². The summed E-state index contributed by atoms with van der Waals surface area (Å²) in [6.45, 7) is 3.85. The minimum absolute atomic E-state index is 0.179. The number of hydrogen-bond acceptors (Lipinski definition) is 4. The number of anilines is 1. The van der Waals surface area contributed by atoms with Crippen LogP contribution in [-0.4, -0.2) is 44.6 Å². The first-order valence-electron chi connectivity index (χ1n) is 8.99. The monoisotopic (exact) mass is 421 g/mol. The van der Waals surface area contributed by atoms with Crippen LogP contribution in [0.3, 0.4) is 0 Å². The number of aromatic nitrogens is 3. The van der Waals surface area contributed by atoms with Crippen LogP contribution in [0.1, 0.15) is 13.3 Å². The average Bonchev–Trinajstić information content (AvgIpc) is 2.99. The normalized spacial score (nSPS) is 11.3. The zero-order valence-electron chi connectivity index (χ0n) is 15.4. The number of nitrogens with one attached hydrogen (secondary N) is 1. The van der Waals surface area contributed by atoms with Crippen molar-refractivity contribution < 1.29 is 4.79 Å². The van der Waals surface area contributed by atoms with Gasteiger partial charge in [0.15, 0.2) is 5.65 Å². The second kappa shape index (κ2) is 9.23. The van der Waals surface area contributed by atoms with Crippen molar-refractivity contribution in [1.29, 1.82) is 0 Å². The second-order valence-corrected chi connectivity index (χ2v) is 7.23. The highest BCUT2D eigenvalue weighted by Crippen LogP contribution is 2.25. The molecule has 0 saturated carbocycles. The van der Waals surface area contributed by atoms with E-state index in [0.29, 0.717) is 34.5 Å². The fourth-order valence-corrected chi connectivity index (χ4v) is 3.26. The van der Waals surface area contributed by atoms with Gasteiger partial charge in [0.05, 0.1) is 23.8 Å². The van der Waals surface area contributed by atoms with Gasteiger partial charge in [-0.05, 0) is 43.3 Å². The minimum atomic E-state index is -0.194. The molecule has 28 heavy (non-hydrogen) atoms. The molecule has 0 saturated heterocycles. The molecule has 9 heteroatoms. The summed E-state index contributed by atoms with van der Waals surface area (Å²) >= 11 is 12.1. The van der Waals surface area contributed by atoms with E-state index in [1.165, 1.54) is 9.08 Å². The van der Waals surface area contributed by atoms with Crippen LogP contribution in [0.5, 0.6) is 0 Å². The summed E-state index contributed by atoms with van der Waals surface area (Å²) in [6, 6.07) is 10.3. The molecule has 0 aliphatic heterocycles. The molecule has 0 aliphatic rings. The molecule has 0 radical (unpaired) electrons. The zero-order chi connectivity index (χ0) is 20.1. The molecule has 0 aliphatic carbocycles. The lowest BCUT2D eigenvalue weighted by atomic mass is 10.3. The third-order valence-corrected chi connectivity index (χ3v) is 4.79. The van der Waals surface area contributed by atoms with Crippen molar-refractivity contribution in [1.82, 2.24) is 19.1 Å². The van der Waals surface area contributed by atoms with E-state index in [2.05, 4.69) is 10.4 Å². The van der Waals surface area contributed by atoms with Gasteiger partial charge in [0.1, 0.15) is 0 Å². The predicted molar refractivity (Wildman–Crippen MR) is 111 cm³/mol. The van der Waals surface area contributed by atoms with Crippen LogP contribution in [0.2, 0.25) is 10.0 Å². The molecular weight excluding hydrogens is 401 g/mol. The number of fused-ring (bicyclic) bond motifs is 1. The van der Waals surface area contributed by atoms with Crippen molar-refractivity contribution in [2.24, 2.45) is 0 Å². The van der Waals surface area contributed by atoms with Gasteiger partial charge in [-0.1, -0.05) is 36.2 Å². The van der Waals surface area contributed by atoms with Crippen LogP contribution in [0.15, 0.2) is 47.4 Å². The summed E-state index contributed by atoms with van der Waals surface area (Å²) in [5, 5.41) is 8.03. The van der Waals surface area contributed by atoms with Gasteiger partial charge in [-0.2, -0.15) is 0 Å². The Bertz CT molecular complexity index is 1030. The van der Waals surface area contributed by atoms with E-state index in [4.69, 9.17) is 23.2 Å². The molecule has 1 aromatic carbocycles. The van der Waals surface area contributed by atoms with Gasteiger partial charge in [-0.25, -0.2) is 9.48 Å². The number of carbonyl (C=O) groups excluding carboxylic acids is 1. The first-order valence-corrected chi connectivity index (χ1v) is 9.75. The smallest absolute Gasteiger partial charge is 0.324 e. The molecule has 0 bridgehead atoms. The Morgan fingerprint density at radius 1 is 1.21 bits per heavy atom. The van der Waals surface area contributed by atoms with Crippen LogP contribution in [0.4, 0.5) is 5.69 Å². The molecule has 0 unspecified atom stereocenters. The lowest BCUT2D eigenvalue weighted by Crippen LogP contribution is -2.37. The topological polar surface area (TPSA) is 71.6 Å². The molecule has 7 nitrogen and oxygen atoms in total. The Hall–Kier alpha value is -2.35. The Balaban J connectivity index is 1.64. The van der Waals surface area contributed by atoms with Crippen molar-refractivity contribution >= 4 is 40.4 Å². The third kappa shape index (κ3) is 4.92. The largest absolute Gasteiger partial charge is 0.350 e. The van der Waals surface area contributed by atoms with E-state index in [9.17, 15) is 9.59 Å². The van der Waals surface area contributed by atoms with Crippen LogP contribution in [0.25, 0.3) is 5.65 Å². The number of pyridine rings is 1. The lowest BCUT2D eigenvalue weighted by Gasteiger charge is -2.21. The lowest BCUT2D eigenvalue weighted by molar-refractivity contribution is -0.117. The Morgan fingerprint density at radius 2 is 2.04 bits per heavy atom. The van der Waals surface area contributed by atoms with Gasteiger partial charge in [-0.15, -0.1) is 5.10 Å². The summed E-state index contributed by atoms with van der Waals surface area (Å²) in [7, 11) is 0. The van der Waals surface area contributed by atoms with Crippen molar-refractivity contribution in [3.8, 4) is 0 Å². The Morgan fingerprint density at radius 3 is 2.79 bits per heavy atom. The van der Waals surface area contributed by atoms with Crippen LogP contribution in [0, 0.1) is 0 Å². The maximum Gasteiger partial charge on any atom is 0.350 e. The van der Waals surface area contributed by atoms with Gasteiger partial charge in [0.2, 0.25) is 5.91 Å². The molecule has 1 amide bonds. The molecule has 2 aromatic heterocycles. The van der Waals surface area contributed by atoms with E-state index in [-0.39, 0.29) is 18.1 Å². The Kier molecular flexibility index (Phi) is 6.72. The highest BCUT2D eigenvalue weighted by atomic mass is 35.5. The summed E-state index contributed by atoms with van der Waals surface area (Å²) in [4.78, 5) is 26.8. The molecule has 0 spiro atoms. The molecule has 3 aromatic rings. The number of carbonyl (C=O) groups is 1. The van der Waals surface area contributed by atoms with Crippen LogP contribution < -0.4 is 11.0 Å². The molecule has 3 rings (SSSR count). The summed E-state index contributed by atoms with van der Waals surface area (Å²) in [5.41, 5.74) is 0.886. The van der Waals surface area contributed by atoms with Crippen molar-refractivity contribution in [3.05, 3.63) is 63.1 Å². The summed E-state index contributed by atoms with van der Waals surface area (Å²) < 4.78 is 2.92. The average molecular weight is 422 g/mol. The number of rotatable bonds is 8. The fourth-order valence-electron chi connectivity index (χ4n) is 2.92. The predicted octanol–water partition coefficient (Wildman–Crippen LogP) is 3.15. The van der Waals surface area contributed by atoms with Gasteiger partial charge in [-0.3, -0.25) is 14.1 Å². The van der Waals surface area contributed by atoms with Gasteiger partial charge in [0.25, 0.3) is 0 Å². The zero-order valence-corrected chi connectivity index (χ0v) is 17.0. The first-order chi connectivity index (χ1) is 13.5. The van der Waals surface area contributed by atoms with Crippen LogP contribution in [-0.2, 0) is 11.3 Å². The summed E-state index contributed by atoms with van der Waals surface area (Å²) in [5.74, 6) is -0.194. The van der Waals surface area contributed by atoms with Crippen LogP contribution >= 0.6 is 23.2 Å². The highest BCUT2D eigenvalue weighted by Gasteiger charge is 2.14. The number of halogens is 2. The summed E-state index contributed by atoms with van der Waals surface area (Å²) in [6.07, 6.45) is 2.57. The van der Waals surface area contributed by atoms with Gasteiger partial charge >= 0.3 is 5.69 Å². The number of hydrogen-bond donors (Lipinski definition) is 1. The number of benzene rings is 1. The van der Waals surface area contributed by atoms with E-state index in [0.717, 1.165) is 13.0 Å². The van der Waals surface area contributed by atoms with Gasteiger partial charge in [0, 0.05) is 17.8 Å². The van der Waals surface area contributed by atoms with Crippen molar-refractivity contribution in [2.45, 2.75) is 19.9 Å². The van der Waals surface area contributed by atoms with Gasteiger partial charge < -0.3 is 5.32 Å². The maximum absolute atomic E-state index is 12.4. The standard InChI is InChI=1S/C19H21Cl2N5O2/c1-2-8-24(13-18(27)22-16-12-14(20)6-7-15(16)21)10-11-26-19(28)25-9-4-3-5-17(25)23-26/h3-7,9,12H,2,8,10-11,13H2,1H3,(H,22,27). The first kappa shape index (κ1) is 20.4. The molecule has 0 atom stereocenters. The molecule has 148 valence electrons. The minimum Gasteiger partial charge on any atom is -0.324 e. The third-order valence-electron chi connectivity index (χ3n) is 4.23. The highest BCUT2D eigenvalue weighted by molar-refractivity contribution is 6.35. The quantitative estimate of drug-likeness (QED) is 0.606. The second-order valence-electron chi connectivity index (χ2n) is 6.38.